The first-order chi connectivity index (χ1) is 8.13. The Morgan fingerprint density at radius 1 is 1.35 bits per heavy atom. The standard InChI is InChI=1S/C13H21N3O/c1-10(12-6-4-3-5-7-12)9-15-11(2)8-13(14)16-17/h3-7,10-11,15,17H,8-9H2,1-2H3,(H2,14,16). The van der Waals surface area contributed by atoms with Crippen LogP contribution >= 0.6 is 0 Å². The van der Waals surface area contributed by atoms with Crippen LogP contribution in [0.25, 0.3) is 0 Å². The highest BCUT2D eigenvalue weighted by Crippen LogP contribution is 2.13. The monoisotopic (exact) mass is 235 g/mol. The third kappa shape index (κ3) is 4.87. The number of nitrogens with zero attached hydrogens (tertiary/aromatic N) is 1. The van der Waals surface area contributed by atoms with Gasteiger partial charge in [0.05, 0.1) is 0 Å². The first-order valence-electron chi connectivity index (χ1n) is 5.88. The van der Waals surface area contributed by atoms with Crippen LogP contribution in [-0.4, -0.2) is 23.6 Å². The predicted octanol–water partition coefficient (Wildman–Crippen LogP) is 1.90. The molecular weight excluding hydrogens is 214 g/mol. The van der Waals surface area contributed by atoms with Crippen molar-refractivity contribution in [2.24, 2.45) is 10.9 Å². The summed E-state index contributed by atoms with van der Waals surface area (Å²) < 4.78 is 0. The lowest BCUT2D eigenvalue weighted by Gasteiger charge is -2.17. The van der Waals surface area contributed by atoms with Crippen molar-refractivity contribution in [2.45, 2.75) is 32.2 Å². The molecule has 0 heterocycles. The van der Waals surface area contributed by atoms with E-state index in [0.29, 0.717) is 12.3 Å². The molecular formula is C13H21N3O. The molecule has 94 valence electrons. The van der Waals surface area contributed by atoms with Gasteiger partial charge in [-0.25, -0.2) is 0 Å². The summed E-state index contributed by atoms with van der Waals surface area (Å²) in [4.78, 5) is 0. The van der Waals surface area contributed by atoms with Crippen molar-refractivity contribution in [1.82, 2.24) is 5.32 Å². The zero-order valence-corrected chi connectivity index (χ0v) is 10.4. The maximum atomic E-state index is 8.47. The minimum absolute atomic E-state index is 0.206. The van der Waals surface area contributed by atoms with E-state index in [0.717, 1.165) is 6.54 Å². The molecule has 1 aromatic rings. The van der Waals surface area contributed by atoms with Crippen LogP contribution in [0.5, 0.6) is 0 Å². The van der Waals surface area contributed by atoms with Crippen molar-refractivity contribution in [1.29, 1.82) is 0 Å². The first kappa shape index (κ1) is 13.5. The topological polar surface area (TPSA) is 70.6 Å². The number of amidine groups is 1. The molecule has 0 spiro atoms. The largest absolute Gasteiger partial charge is 0.409 e. The lowest BCUT2D eigenvalue weighted by atomic mass is 10.0. The van der Waals surface area contributed by atoms with Gasteiger partial charge in [0, 0.05) is 19.0 Å². The van der Waals surface area contributed by atoms with Crippen LogP contribution in [0.2, 0.25) is 0 Å². The molecule has 17 heavy (non-hydrogen) atoms. The predicted molar refractivity (Wildman–Crippen MR) is 70.3 cm³/mol. The fourth-order valence-corrected chi connectivity index (χ4v) is 1.70. The van der Waals surface area contributed by atoms with Crippen LogP contribution in [0, 0.1) is 0 Å². The molecule has 0 aliphatic carbocycles. The summed E-state index contributed by atoms with van der Waals surface area (Å²) in [7, 11) is 0. The Morgan fingerprint density at radius 2 is 2.00 bits per heavy atom. The van der Waals surface area contributed by atoms with Crippen molar-refractivity contribution in [2.75, 3.05) is 6.54 Å². The van der Waals surface area contributed by atoms with E-state index < -0.39 is 0 Å². The van der Waals surface area contributed by atoms with Gasteiger partial charge in [0.1, 0.15) is 5.84 Å². The maximum absolute atomic E-state index is 8.47. The second kappa shape index (κ2) is 6.91. The molecule has 0 aliphatic heterocycles. The number of hydrogen-bond donors (Lipinski definition) is 3. The Balaban J connectivity index is 2.36. The third-order valence-electron chi connectivity index (χ3n) is 2.78. The van der Waals surface area contributed by atoms with Gasteiger partial charge in [-0.05, 0) is 18.4 Å². The van der Waals surface area contributed by atoms with Gasteiger partial charge >= 0.3 is 0 Å². The molecule has 1 aromatic carbocycles. The average molecular weight is 235 g/mol. The zero-order chi connectivity index (χ0) is 12.7. The molecule has 0 amide bonds. The number of rotatable bonds is 6. The van der Waals surface area contributed by atoms with Crippen molar-refractivity contribution in [3.8, 4) is 0 Å². The normalized spacial score (nSPS) is 15.5. The van der Waals surface area contributed by atoms with Crippen molar-refractivity contribution in [3.63, 3.8) is 0 Å². The Labute approximate surface area is 103 Å². The van der Waals surface area contributed by atoms with E-state index in [2.05, 4.69) is 29.5 Å². The van der Waals surface area contributed by atoms with E-state index in [4.69, 9.17) is 10.9 Å². The summed E-state index contributed by atoms with van der Waals surface area (Å²) in [6.07, 6.45) is 0.554. The fourth-order valence-electron chi connectivity index (χ4n) is 1.70. The molecule has 0 aliphatic rings. The Kier molecular flexibility index (Phi) is 5.49. The van der Waals surface area contributed by atoms with E-state index in [1.165, 1.54) is 5.56 Å². The summed E-state index contributed by atoms with van der Waals surface area (Å²) in [6, 6.07) is 10.6. The highest BCUT2D eigenvalue weighted by Gasteiger charge is 2.08. The molecule has 4 heteroatoms. The quantitative estimate of drug-likeness (QED) is 0.305. The van der Waals surface area contributed by atoms with Crippen LogP contribution in [0.1, 0.15) is 31.7 Å². The minimum atomic E-state index is 0.206. The highest BCUT2D eigenvalue weighted by atomic mass is 16.4. The summed E-state index contributed by atoms with van der Waals surface area (Å²) in [6.45, 7) is 5.08. The van der Waals surface area contributed by atoms with Crippen molar-refractivity contribution in [3.05, 3.63) is 35.9 Å². The summed E-state index contributed by atoms with van der Waals surface area (Å²) in [5.74, 6) is 0.711. The molecule has 0 radical (unpaired) electrons. The van der Waals surface area contributed by atoms with E-state index in [1.54, 1.807) is 0 Å². The van der Waals surface area contributed by atoms with Crippen LogP contribution in [0.4, 0.5) is 0 Å². The molecule has 4 nitrogen and oxygen atoms in total. The highest BCUT2D eigenvalue weighted by molar-refractivity contribution is 5.80. The van der Waals surface area contributed by atoms with Crippen LogP contribution in [0.3, 0.4) is 0 Å². The Morgan fingerprint density at radius 3 is 2.59 bits per heavy atom. The van der Waals surface area contributed by atoms with Crippen LogP contribution in [0.15, 0.2) is 35.5 Å². The third-order valence-corrected chi connectivity index (χ3v) is 2.78. The number of nitrogens with two attached hydrogens (primary N) is 1. The fraction of sp³-hybridized carbons (Fsp3) is 0.462. The molecule has 0 aromatic heterocycles. The molecule has 1 rings (SSSR count). The average Bonchev–Trinajstić information content (AvgIpc) is 2.36. The number of benzene rings is 1. The number of oxime groups is 1. The van der Waals surface area contributed by atoms with Gasteiger partial charge in [-0.3, -0.25) is 0 Å². The summed E-state index contributed by atoms with van der Waals surface area (Å²) >= 11 is 0. The maximum Gasteiger partial charge on any atom is 0.140 e. The van der Waals surface area contributed by atoms with Crippen molar-refractivity contribution < 1.29 is 5.21 Å². The summed E-state index contributed by atoms with van der Waals surface area (Å²) in [5, 5.41) is 14.8. The molecule has 0 fully saturated rings. The Hall–Kier alpha value is -1.55. The lowest BCUT2D eigenvalue weighted by Crippen LogP contribution is -2.33. The molecule has 0 saturated heterocycles. The number of nitrogens with one attached hydrogen (secondary N) is 1. The summed E-state index contributed by atoms with van der Waals surface area (Å²) in [5.41, 5.74) is 6.77. The minimum Gasteiger partial charge on any atom is -0.409 e. The van der Waals surface area contributed by atoms with Gasteiger partial charge in [-0.15, -0.1) is 0 Å². The molecule has 0 bridgehead atoms. The second-order valence-corrected chi connectivity index (χ2v) is 4.42. The van der Waals surface area contributed by atoms with Gasteiger partial charge in [0.2, 0.25) is 0 Å². The second-order valence-electron chi connectivity index (χ2n) is 4.42. The van der Waals surface area contributed by atoms with Gasteiger partial charge in [-0.2, -0.15) is 0 Å². The Bertz CT molecular complexity index is 351. The smallest absolute Gasteiger partial charge is 0.140 e. The SMILES string of the molecule is CC(C/C(N)=N/O)NCC(C)c1ccccc1. The molecule has 4 N–H and O–H groups in total. The molecule has 2 unspecified atom stereocenters. The number of hydrogen-bond acceptors (Lipinski definition) is 3. The van der Waals surface area contributed by atoms with E-state index >= 15 is 0 Å². The van der Waals surface area contributed by atoms with Crippen LogP contribution in [-0.2, 0) is 0 Å². The van der Waals surface area contributed by atoms with E-state index in [1.807, 2.05) is 25.1 Å². The molecule has 2 atom stereocenters. The van der Waals surface area contributed by atoms with Gasteiger partial charge in [0.15, 0.2) is 0 Å². The zero-order valence-electron chi connectivity index (χ0n) is 10.4. The lowest BCUT2D eigenvalue weighted by molar-refractivity contribution is 0.315. The van der Waals surface area contributed by atoms with Gasteiger partial charge < -0.3 is 16.3 Å². The van der Waals surface area contributed by atoms with E-state index in [9.17, 15) is 0 Å². The molecule has 0 saturated carbocycles. The van der Waals surface area contributed by atoms with E-state index in [-0.39, 0.29) is 11.9 Å². The van der Waals surface area contributed by atoms with Crippen LogP contribution < -0.4 is 11.1 Å². The van der Waals surface area contributed by atoms with Gasteiger partial charge in [0.25, 0.3) is 0 Å². The van der Waals surface area contributed by atoms with Crippen molar-refractivity contribution >= 4 is 5.84 Å². The first-order valence-corrected chi connectivity index (χ1v) is 5.88. The van der Waals surface area contributed by atoms with Gasteiger partial charge in [-0.1, -0.05) is 42.4 Å².